The van der Waals surface area contributed by atoms with Crippen LogP contribution in [0, 0.1) is 5.82 Å². The third-order valence-corrected chi connectivity index (χ3v) is 9.53. The average Bonchev–Trinajstić information content (AvgIpc) is 3.00. The van der Waals surface area contributed by atoms with Crippen molar-refractivity contribution in [3.8, 4) is 0 Å². The van der Waals surface area contributed by atoms with E-state index in [2.05, 4.69) is 49.8 Å². The fraction of sp³-hybridized carbons (Fsp3) is 0.600. The van der Waals surface area contributed by atoms with Gasteiger partial charge in [-0.1, -0.05) is 26.8 Å². The molecule has 0 bridgehead atoms. The molecule has 0 N–H and O–H groups in total. The van der Waals surface area contributed by atoms with Gasteiger partial charge in [0.2, 0.25) is 0 Å². The summed E-state index contributed by atoms with van der Waals surface area (Å²) in [6.07, 6.45) is 2.08. The number of halogens is 2. The maximum absolute atomic E-state index is 13.4. The molecule has 1 aromatic carbocycles. The van der Waals surface area contributed by atoms with Crippen LogP contribution in [0.4, 0.5) is 4.39 Å². The van der Waals surface area contributed by atoms with E-state index in [0.29, 0.717) is 4.47 Å². The molecule has 0 radical (unpaired) electrons. The van der Waals surface area contributed by atoms with Crippen LogP contribution in [-0.2, 0) is 10.0 Å². The summed E-state index contributed by atoms with van der Waals surface area (Å²) in [6.45, 7) is 11.3. The van der Waals surface area contributed by atoms with Crippen LogP contribution in [0.25, 0.3) is 0 Å². The average molecular weight is 345 g/mol. The van der Waals surface area contributed by atoms with Gasteiger partial charge >= 0.3 is 0 Å². The van der Waals surface area contributed by atoms with Crippen LogP contribution < -0.4 is 0 Å². The zero-order valence-electron chi connectivity index (χ0n) is 12.3. The second kappa shape index (κ2) is 4.67. The summed E-state index contributed by atoms with van der Waals surface area (Å²) in [7, 11) is -1.80. The molecule has 1 aromatic rings. The normalized spacial score (nSPS) is 18.5. The predicted molar refractivity (Wildman–Crippen MR) is 83.3 cm³/mol. The highest BCUT2D eigenvalue weighted by atomic mass is 79.9. The van der Waals surface area contributed by atoms with Gasteiger partial charge in [-0.05, 0) is 64.6 Å². The molecule has 1 fully saturated rings. The standard InChI is InChI=1S/C15H22BrFOSi/c1-14(2,3)19(4,5)18-15(8-9-15)11-6-7-13(17)12(16)10-11/h6-7,10H,8-9H2,1-5H3. The molecular formula is C15H22BrFOSi. The summed E-state index contributed by atoms with van der Waals surface area (Å²) >= 11 is 3.27. The Morgan fingerprint density at radius 1 is 1.26 bits per heavy atom. The first-order valence-corrected chi connectivity index (χ1v) is 10.4. The Labute approximate surface area is 124 Å². The Morgan fingerprint density at radius 2 is 1.84 bits per heavy atom. The summed E-state index contributed by atoms with van der Waals surface area (Å²) in [5.41, 5.74) is 0.935. The largest absolute Gasteiger partial charge is 0.407 e. The van der Waals surface area contributed by atoms with Gasteiger partial charge in [0.15, 0.2) is 8.32 Å². The molecule has 106 valence electrons. The molecule has 1 aliphatic carbocycles. The van der Waals surface area contributed by atoms with Gasteiger partial charge in [-0.15, -0.1) is 0 Å². The summed E-state index contributed by atoms with van der Waals surface area (Å²) in [5.74, 6) is -0.216. The lowest BCUT2D eigenvalue weighted by molar-refractivity contribution is 0.159. The van der Waals surface area contributed by atoms with Crippen molar-refractivity contribution in [1.29, 1.82) is 0 Å². The van der Waals surface area contributed by atoms with Crippen molar-refractivity contribution in [2.75, 3.05) is 0 Å². The van der Waals surface area contributed by atoms with Crippen molar-refractivity contribution >= 4 is 24.2 Å². The molecule has 0 heterocycles. The second-order valence-corrected chi connectivity index (χ2v) is 12.6. The molecule has 1 saturated carbocycles. The third-order valence-electron chi connectivity index (χ3n) is 4.41. The molecule has 1 aliphatic rings. The molecule has 0 atom stereocenters. The van der Waals surface area contributed by atoms with E-state index >= 15 is 0 Å². The smallest absolute Gasteiger partial charge is 0.193 e. The van der Waals surface area contributed by atoms with Crippen molar-refractivity contribution in [1.82, 2.24) is 0 Å². The van der Waals surface area contributed by atoms with Crippen molar-refractivity contribution in [3.05, 3.63) is 34.1 Å². The van der Waals surface area contributed by atoms with Crippen molar-refractivity contribution in [2.24, 2.45) is 0 Å². The van der Waals surface area contributed by atoms with Crippen molar-refractivity contribution < 1.29 is 8.82 Å². The van der Waals surface area contributed by atoms with Crippen LogP contribution in [0.3, 0.4) is 0 Å². The summed E-state index contributed by atoms with van der Waals surface area (Å²) in [5, 5.41) is 0.194. The summed E-state index contributed by atoms with van der Waals surface area (Å²) < 4.78 is 20.5. The van der Waals surface area contributed by atoms with E-state index in [0.717, 1.165) is 18.4 Å². The predicted octanol–water partition coefficient (Wildman–Crippen LogP) is 5.60. The third kappa shape index (κ3) is 2.95. The lowest BCUT2D eigenvalue weighted by Crippen LogP contribution is -2.44. The number of hydrogen-bond acceptors (Lipinski definition) is 1. The minimum absolute atomic E-state index is 0.167. The minimum atomic E-state index is -1.80. The Kier molecular flexibility index (Phi) is 3.74. The Bertz CT molecular complexity index is 489. The zero-order valence-corrected chi connectivity index (χ0v) is 14.9. The Morgan fingerprint density at radius 3 is 2.26 bits per heavy atom. The fourth-order valence-corrected chi connectivity index (χ4v) is 3.97. The maximum atomic E-state index is 13.4. The van der Waals surface area contributed by atoms with E-state index in [4.69, 9.17) is 4.43 Å². The lowest BCUT2D eigenvalue weighted by Gasteiger charge is -2.39. The minimum Gasteiger partial charge on any atom is -0.407 e. The molecule has 4 heteroatoms. The van der Waals surface area contributed by atoms with Crippen LogP contribution in [0.1, 0.15) is 39.2 Å². The summed E-state index contributed by atoms with van der Waals surface area (Å²) in [6, 6.07) is 5.25. The first kappa shape index (κ1) is 15.2. The lowest BCUT2D eigenvalue weighted by atomic mass is 10.1. The van der Waals surface area contributed by atoms with Crippen LogP contribution in [0.2, 0.25) is 18.1 Å². The van der Waals surface area contributed by atoms with E-state index in [1.807, 2.05) is 12.1 Å². The highest BCUT2D eigenvalue weighted by molar-refractivity contribution is 9.10. The quantitative estimate of drug-likeness (QED) is 0.648. The Balaban J connectivity index is 2.27. The second-order valence-electron chi connectivity index (χ2n) is 6.99. The van der Waals surface area contributed by atoms with E-state index in [1.54, 1.807) is 0 Å². The van der Waals surface area contributed by atoms with E-state index in [1.165, 1.54) is 6.07 Å². The zero-order chi connectivity index (χ0) is 14.5. The molecule has 0 aromatic heterocycles. The van der Waals surface area contributed by atoms with Crippen LogP contribution in [-0.4, -0.2) is 8.32 Å². The van der Waals surface area contributed by atoms with Crippen LogP contribution in [0.15, 0.2) is 22.7 Å². The SMILES string of the molecule is CC(C)(C)[Si](C)(C)OC1(c2ccc(F)c(Br)c2)CC1. The van der Waals surface area contributed by atoms with E-state index < -0.39 is 8.32 Å². The maximum Gasteiger partial charge on any atom is 0.193 e. The van der Waals surface area contributed by atoms with Gasteiger partial charge in [0.05, 0.1) is 10.1 Å². The molecule has 0 spiro atoms. The van der Waals surface area contributed by atoms with E-state index in [-0.39, 0.29) is 16.5 Å². The number of benzene rings is 1. The van der Waals surface area contributed by atoms with Gasteiger partial charge in [-0.3, -0.25) is 0 Å². The first-order valence-electron chi connectivity index (χ1n) is 6.73. The fourth-order valence-electron chi connectivity index (χ4n) is 1.98. The highest BCUT2D eigenvalue weighted by Crippen LogP contribution is 2.54. The van der Waals surface area contributed by atoms with Gasteiger partial charge in [0.25, 0.3) is 0 Å². The number of hydrogen-bond donors (Lipinski definition) is 0. The van der Waals surface area contributed by atoms with Gasteiger partial charge in [-0.2, -0.15) is 0 Å². The van der Waals surface area contributed by atoms with E-state index in [9.17, 15) is 4.39 Å². The number of rotatable bonds is 3. The van der Waals surface area contributed by atoms with Crippen molar-refractivity contribution in [2.45, 2.75) is 57.3 Å². The van der Waals surface area contributed by atoms with Gasteiger partial charge < -0.3 is 4.43 Å². The molecule has 1 nitrogen and oxygen atoms in total. The molecule has 0 unspecified atom stereocenters. The molecule has 0 saturated heterocycles. The van der Waals surface area contributed by atoms with Gasteiger partial charge in [-0.25, -0.2) is 4.39 Å². The molecular weight excluding hydrogens is 323 g/mol. The first-order chi connectivity index (χ1) is 8.57. The van der Waals surface area contributed by atoms with Gasteiger partial charge in [0, 0.05) is 0 Å². The molecule has 0 amide bonds. The highest BCUT2D eigenvalue weighted by Gasteiger charge is 2.52. The van der Waals surface area contributed by atoms with Gasteiger partial charge in [0.1, 0.15) is 5.82 Å². The monoisotopic (exact) mass is 344 g/mol. The van der Waals surface area contributed by atoms with Crippen LogP contribution >= 0.6 is 15.9 Å². The topological polar surface area (TPSA) is 9.23 Å². The van der Waals surface area contributed by atoms with Crippen molar-refractivity contribution in [3.63, 3.8) is 0 Å². The Hall–Kier alpha value is -0.193. The summed E-state index contributed by atoms with van der Waals surface area (Å²) in [4.78, 5) is 0. The molecule has 2 rings (SSSR count). The van der Waals surface area contributed by atoms with Crippen LogP contribution in [0.5, 0.6) is 0 Å². The molecule has 0 aliphatic heterocycles. The molecule has 19 heavy (non-hydrogen) atoms.